The first-order valence-corrected chi connectivity index (χ1v) is 12.5. The van der Waals surface area contributed by atoms with E-state index in [0.717, 1.165) is 42.7 Å². The zero-order chi connectivity index (χ0) is 25.6. The molecule has 0 aromatic heterocycles. The van der Waals surface area contributed by atoms with E-state index in [1.807, 2.05) is 6.08 Å². The maximum atomic E-state index is 14.6. The summed E-state index contributed by atoms with van der Waals surface area (Å²) < 4.78 is 28.6. The van der Waals surface area contributed by atoms with Crippen LogP contribution in [0.3, 0.4) is 0 Å². The van der Waals surface area contributed by atoms with Crippen LogP contribution in [-0.2, 0) is 5.41 Å². The van der Waals surface area contributed by atoms with Crippen molar-refractivity contribution in [3.05, 3.63) is 82.4 Å². The lowest BCUT2D eigenvalue weighted by molar-refractivity contribution is -0.433. The third-order valence-corrected chi connectivity index (χ3v) is 7.20. The number of halogens is 1. The van der Waals surface area contributed by atoms with Gasteiger partial charge in [0.25, 0.3) is 0 Å². The summed E-state index contributed by atoms with van der Waals surface area (Å²) in [7, 11) is 3.11. The van der Waals surface area contributed by atoms with E-state index in [0.29, 0.717) is 11.3 Å². The minimum absolute atomic E-state index is 0.107. The molecule has 2 aromatic rings. The van der Waals surface area contributed by atoms with Crippen LogP contribution in [0.5, 0.6) is 11.5 Å². The number of nitrogens with zero attached hydrogens (tertiary/aromatic N) is 2. The van der Waals surface area contributed by atoms with E-state index in [4.69, 9.17) is 9.47 Å². The number of fused-ring (bicyclic) bond motifs is 3. The monoisotopic (exact) mass is 487 g/mol. The Balaban J connectivity index is 1.51. The van der Waals surface area contributed by atoms with Crippen molar-refractivity contribution in [1.29, 1.82) is 0 Å². The number of rotatable bonds is 4. The van der Waals surface area contributed by atoms with E-state index in [9.17, 15) is 9.18 Å². The summed E-state index contributed by atoms with van der Waals surface area (Å²) in [6.07, 6.45) is 8.53. The lowest BCUT2D eigenvalue weighted by Gasteiger charge is -2.27. The largest absolute Gasteiger partial charge is 0.456 e. The van der Waals surface area contributed by atoms with Gasteiger partial charge in [-0.3, -0.25) is 0 Å². The molecular weight excluding hydrogens is 455 g/mol. The molecule has 0 saturated carbocycles. The highest BCUT2D eigenvalue weighted by Gasteiger charge is 2.43. The van der Waals surface area contributed by atoms with Crippen LogP contribution in [0, 0.1) is 5.82 Å². The summed E-state index contributed by atoms with van der Waals surface area (Å²) in [4.78, 5) is 13.2. The van der Waals surface area contributed by atoms with Crippen LogP contribution in [0.4, 0.5) is 14.9 Å². The van der Waals surface area contributed by atoms with Gasteiger partial charge in [-0.05, 0) is 69.4 Å². The SMILES string of the molecule is CC[N+]1=C(/C=C/C2=C3Oc4cc(OC(=O)N(C)C)c(F)cc4C=C3CCC2)C(C)(C)c2ccccc21. The second-order valence-electron chi connectivity index (χ2n) is 10.2. The van der Waals surface area contributed by atoms with E-state index in [1.165, 1.54) is 34.0 Å². The zero-order valence-corrected chi connectivity index (χ0v) is 21.5. The van der Waals surface area contributed by atoms with Crippen molar-refractivity contribution in [3.8, 4) is 11.5 Å². The van der Waals surface area contributed by atoms with Gasteiger partial charge in [0.15, 0.2) is 17.3 Å². The second-order valence-corrected chi connectivity index (χ2v) is 10.2. The minimum atomic E-state index is -0.640. The maximum Gasteiger partial charge on any atom is 0.414 e. The van der Waals surface area contributed by atoms with Crippen molar-refractivity contribution in [3.63, 3.8) is 0 Å². The molecule has 0 fully saturated rings. The molecule has 0 N–H and O–H groups in total. The van der Waals surface area contributed by atoms with Gasteiger partial charge < -0.3 is 14.4 Å². The van der Waals surface area contributed by atoms with Crippen LogP contribution in [0.2, 0.25) is 0 Å². The van der Waals surface area contributed by atoms with Crippen molar-refractivity contribution < 1.29 is 23.2 Å². The van der Waals surface area contributed by atoms with Gasteiger partial charge in [-0.1, -0.05) is 18.2 Å². The highest BCUT2D eigenvalue weighted by molar-refractivity contribution is 6.03. The molecule has 0 unspecified atom stereocenters. The minimum Gasteiger partial charge on any atom is -0.456 e. The number of carbonyl (C=O) groups excluding carboxylic acids is 1. The average molecular weight is 488 g/mol. The number of hydrogen-bond donors (Lipinski definition) is 0. The van der Waals surface area contributed by atoms with Crippen LogP contribution in [-0.4, -0.2) is 41.9 Å². The van der Waals surface area contributed by atoms with Crippen LogP contribution in [0.1, 0.15) is 51.2 Å². The smallest absolute Gasteiger partial charge is 0.414 e. The summed E-state index contributed by atoms with van der Waals surface area (Å²) in [6, 6.07) is 11.4. The van der Waals surface area contributed by atoms with Crippen LogP contribution >= 0.6 is 0 Å². The Labute approximate surface area is 211 Å². The van der Waals surface area contributed by atoms with E-state index < -0.39 is 11.9 Å². The molecular formula is C30H32FN2O3+. The van der Waals surface area contributed by atoms with Gasteiger partial charge in [0.1, 0.15) is 18.1 Å². The van der Waals surface area contributed by atoms with Gasteiger partial charge in [0.05, 0.1) is 5.41 Å². The van der Waals surface area contributed by atoms with Gasteiger partial charge >= 0.3 is 6.09 Å². The van der Waals surface area contributed by atoms with E-state index in [2.05, 4.69) is 61.8 Å². The molecule has 5 rings (SSSR count). The molecule has 1 amide bonds. The van der Waals surface area contributed by atoms with Gasteiger partial charge in [0, 0.05) is 43.4 Å². The third kappa shape index (κ3) is 4.04. The van der Waals surface area contributed by atoms with Crippen molar-refractivity contribution in [2.75, 3.05) is 20.6 Å². The highest BCUT2D eigenvalue weighted by atomic mass is 19.1. The Hall–Kier alpha value is -3.67. The number of hydrogen-bond acceptors (Lipinski definition) is 3. The number of amides is 1. The standard InChI is InChI=1S/C30H32FN2O3/c1-6-33-24-13-8-7-12-22(24)30(2,3)27(33)15-14-19-10-9-11-20-16-21-17-23(31)26(36-29(34)32(4)5)18-25(21)35-28(19)20/h7-8,12-18H,6,9-11H2,1-5H3/q+1/b15-14+. The van der Waals surface area contributed by atoms with E-state index >= 15 is 0 Å². The molecule has 2 heterocycles. The fourth-order valence-corrected chi connectivity index (χ4v) is 5.30. The lowest BCUT2D eigenvalue weighted by atomic mass is 9.81. The molecule has 0 saturated heterocycles. The molecule has 0 radical (unpaired) electrons. The molecule has 186 valence electrons. The fourth-order valence-electron chi connectivity index (χ4n) is 5.30. The fraction of sp³-hybridized carbons (Fsp3) is 0.333. The van der Waals surface area contributed by atoms with Crippen LogP contribution < -0.4 is 9.47 Å². The molecule has 2 aromatic carbocycles. The van der Waals surface area contributed by atoms with Gasteiger partial charge in [-0.25, -0.2) is 9.18 Å². The first kappa shape index (κ1) is 24.0. The Morgan fingerprint density at radius 1 is 1.19 bits per heavy atom. The molecule has 36 heavy (non-hydrogen) atoms. The number of ether oxygens (including phenoxy) is 2. The van der Waals surface area contributed by atoms with Crippen LogP contribution in [0.25, 0.3) is 6.08 Å². The molecule has 2 aliphatic heterocycles. The van der Waals surface area contributed by atoms with Crippen molar-refractivity contribution in [1.82, 2.24) is 4.90 Å². The van der Waals surface area contributed by atoms with Crippen molar-refractivity contribution in [2.24, 2.45) is 0 Å². The Bertz CT molecular complexity index is 1380. The van der Waals surface area contributed by atoms with E-state index in [-0.39, 0.29) is 11.2 Å². The predicted octanol–water partition coefficient (Wildman–Crippen LogP) is 6.75. The number of carbonyl (C=O) groups is 1. The topological polar surface area (TPSA) is 41.8 Å². The maximum absolute atomic E-state index is 14.6. The first-order chi connectivity index (χ1) is 17.2. The summed E-state index contributed by atoms with van der Waals surface area (Å²) in [5.74, 6) is 0.573. The summed E-state index contributed by atoms with van der Waals surface area (Å²) in [5.41, 5.74) is 6.58. The molecule has 6 heteroatoms. The molecule has 0 spiro atoms. The zero-order valence-electron chi connectivity index (χ0n) is 21.5. The summed E-state index contributed by atoms with van der Waals surface area (Å²) in [5, 5.41) is 0. The molecule has 5 nitrogen and oxygen atoms in total. The third-order valence-electron chi connectivity index (χ3n) is 7.20. The Morgan fingerprint density at radius 2 is 1.97 bits per heavy atom. The lowest BCUT2D eigenvalue weighted by Crippen LogP contribution is -2.27. The Kier molecular flexibility index (Phi) is 6.07. The Morgan fingerprint density at radius 3 is 2.72 bits per heavy atom. The average Bonchev–Trinajstić information content (AvgIpc) is 3.07. The number of para-hydroxylation sites is 1. The van der Waals surface area contributed by atoms with Gasteiger partial charge in [-0.2, -0.15) is 4.58 Å². The van der Waals surface area contributed by atoms with Gasteiger partial charge in [-0.15, -0.1) is 0 Å². The summed E-state index contributed by atoms with van der Waals surface area (Å²) >= 11 is 0. The highest BCUT2D eigenvalue weighted by Crippen LogP contribution is 2.43. The molecule has 0 bridgehead atoms. The first-order valence-electron chi connectivity index (χ1n) is 12.5. The summed E-state index contributed by atoms with van der Waals surface area (Å²) in [6.45, 7) is 7.60. The molecule has 0 atom stereocenters. The normalized spacial score (nSPS) is 17.9. The van der Waals surface area contributed by atoms with Gasteiger partial charge in [0.2, 0.25) is 5.69 Å². The quantitative estimate of drug-likeness (QED) is 0.448. The van der Waals surface area contributed by atoms with Crippen molar-refractivity contribution in [2.45, 2.75) is 45.4 Å². The second kappa shape index (κ2) is 9.08. The van der Waals surface area contributed by atoms with Crippen LogP contribution in [0.15, 0.2) is 65.5 Å². The predicted molar refractivity (Wildman–Crippen MR) is 140 cm³/mol. The number of allylic oxidation sites excluding steroid dienone is 4. The van der Waals surface area contributed by atoms with E-state index in [1.54, 1.807) is 14.1 Å². The number of benzene rings is 2. The molecule has 3 aliphatic rings. The molecule has 1 aliphatic carbocycles. The van der Waals surface area contributed by atoms with Crippen molar-refractivity contribution >= 4 is 23.6 Å².